The van der Waals surface area contributed by atoms with Gasteiger partial charge in [0, 0.05) is 12.1 Å². The first-order valence-corrected chi connectivity index (χ1v) is 8.48. The topological polar surface area (TPSA) is 12.0 Å². The fraction of sp³-hybridized carbons (Fsp3) is 1.00. The van der Waals surface area contributed by atoms with Crippen molar-refractivity contribution in [1.82, 2.24) is 5.32 Å². The zero-order chi connectivity index (χ0) is 13.2. The maximum atomic E-state index is 3.87. The Kier molecular flexibility index (Phi) is 8.75. The molecule has 1 heteroatoms. The average Bonchev–Trinajstić information content (AvgIpc) is 2.54. The molecule has 0 heterocycles. The molecule has 1 aliphatic rings. The number of nitrogens with one attached hydrogen (secondary N) is 1. The van der Waals surface area contributed by atoms with Crippen LogP contribution in [0.5, 0.6) is 0 Å². The molecule has 0 aromatic rings. The third-order valence-electron chi connectivity index (χ3n) is 4.52. The smallest absolute Gasteiger partial charge is 0.00696 e. The van der Waals surface area contributed by atoms with Crippen LogP contribution in [0.4, 0.5) is 0 Å². The zero-order valence-electron chi connectivity index (χ0n) is 13.0. The van der Waals surface area contributed by atoms with E-state index in [9.17, 15) is 0 Å². The van der Waals surface area contributed by atoms with Gasteiger partial charge in [-0.2, -0.15) is 0 Å². The molecule has 0 aromatic carbocycles. The van der Waals surface area contributed by atoms with Crippen LogP contribution in [0, 0.1) is 5.92 Å². The van der Waals surface area contributed by atoms with Crippen LogP contribution in [0.1, 0.15) is 91.4 Å². The number of rotatable bonds is 8. The van der Waals surface area contributed by atoms with Crippen LogP contribution < -0.4 is 5.32 Å². The van der Waals surface area contributed by atoms with Crippen LogP contribution in [0.15, 0.2) is 0 Å². The fourth-order valence-electron chi connectivity index (χ4n) is 3.19. The van der Waals surface area contributed by atoms with Gasteiger partial charge in [-0.05, 0) is 38.5 Å². The van der Waals surface area contributed by atoms with Gasteiger partial charge < -0.3 is 5.32 Å². The summed E-state index contributed by atoms with van der Waals surface area (Å²) in [5.41, 5.74) is 0. The molecule has 0 amide bonds. The van der Waals surface area contributed by atoms with E-state index in [1.165, 1.54) is 70.6 Å². The van der Waals surface area contributed by atoms with Gasteiger partial charge in [0.05, 0.1) is 0 Å². The molecule has 3 atom stereocenters. The molecular formula is C17H35N. The van der Waals surface area contributed by atoms with E-state index in [2.05, 4.69) is 26.1 Å². The fourth-order valence-corrected chi connectivity index (χ4v) is 3.19. The Balaban J connectivity index is 2.05. The van der Waals surface area contributed by atoms with Crippen LogP contribution in [0.2, 0.25) is 0 Å². The quantitative estimate of drug-likeness (QED) is 0.457. The summed E-state index contributed by atoms with van der Waals surface area (Å²) in [6, 6.07) is 1.53. The largest absolute Gasteiger partial charge is 0.312 e. The van der Waals surface area contributed by atoms with Crippen LogP contribution >= 0.6 is 0 Å². The Morgan fingerprint density at radius 1 is 1.00 bits per heavy atom. The summed E-state index contributed by atoms with van der Waals surface area (Å²) in [5, 5.41) is 3.87. The normalized spacial score (nSPS) is 26.8. The van der Waals surface area contributed by atoms with E-state index >= 15 is 0 Å². The van der Waals surface area contributed by atoms with E-state index < -0.39 is 0 Å². The molecule has 1 saturated carbocycles. The lowest BCUT2D eigenvalue weighted by Gasteiger charge is -2.22. The summed E-state index contributed by atoms with van der Waals surface area (Å²) in [4.78, 5) is 0. The highest BCUT2D eigenvalue weighted by molar-refractivity contribution is 4.76. The van der Waals surface area contributed by atoms with E-state index in [1.807, 2.05) is 0 Å². The molecule has 1 fully saturated rings. The highest BCUT2D eigenvalue weighted by Crippen LogP contribution is 2.23. The van der Waals surface area contributed by atoms with Crippen molar-refractivity contribution in [3.8, 4) is 0 Å². The van der Waals surface area contributed by atoms with E-state index in [-0.39, 0.29) is 0 Å². The highest BCUT2D eigenvalue weighted by Gasteiger charge is 2.17. The molecule has 18 heavy (non-hydrogen) atoms. The van der Waals surface area contributed by atoms with E-state index in [1.54, 1.807) is 0 Å². The van der Waals surface area contributed by atoms with Crippen LogP contribution in [0.3, 0.4) is 0 Å². The van der Waals surface area contributed by atoms with Crippen LogP contribution in [0.25, 0.3) is 0 Å². The van der Waals surface area contributed by atoms with E-state index in [4.69, 9.17) is 0 Å². The second-order valence-electron chi connectivity index (χ2n) is 6.58. The van der Waals surface area contributed by atoms with Crippen LogP contribution in [-0.4, -0.2) is 12.1 Å². The maximum absolute atomic E-state index is 3.87. The number of unbranched alkanes of at least 4 members (excludes halogenated alkanes) is 4. The third-order valence-corrected chi connectivity index (χ3v) is 4.52. The molecule has 0 spiro atoms. The predicted octanol–water partition coefficient (Wildman–Crippen LogP) is 5.29. The second-order valence-corrected chi connectivity index (χ2v) is 6.58. The van der Waals surface area contributed by atoms with Crippen molar-refractivity contribution in [2.24, 2.45) is 5.92 Å². The molecule has 1 aliphatic carbocycles. The Morgan fingerprint density at radius 3 is 2.56 bits per heavy atom. The monoisotopic (exact) mass is 253 g/mol. The first kappa shape index (κ1) is 16.0. The van der Waals surface area contributed by atoms with Crippen molar-refractivity contribution in [3.63, 3.8) is 0 Å². The Bertz CT molecular complexity index is 190. The van der Waals surface area contributed by atoms with Gasteiger partial charge in [-0.25, -0.2) is 0 Å². The van der Waals surface area contributed by atoms with Crippen molar-refractivity contribution in [2.45, 2.75) is 103 Å². The Morgan fingerprint density at radius 2 is 1.78 bits per heavy atom. The van der Waals surface area contributed by atoms with Gasteiger partial charge in [-0.3, -0.25) is 0 Å². The average molecular weight is 253 g/mol. The molecule has 0 aromatic heterocycles. The van der Waals surface area contributed by atoms with Gasteiger partial charge >= 0.3 is 0 Å². The van der Waals surface area contributed by atoms with Gasteiger partial charge in [-0.1, -0.05) is 58.8 Å². The Labute approximate surface area is 115 Å². The molecule has 3 unspecified atom stereocenters. The summed E-state index contributed by atoms with van der Waals surface area (Å²) in [6.07, 6.45) is 15.5. The zero-order valence-corrected chi connectivity index (χ0v) is 13.0. The van der Waals surface area contributed by atoms with Gasteiger partial charge in [0.2, 0.25) is 0 Å². The number of hydrogen-bond acceptors (Lipinski definition) is 1. The molecular weight excluding hydrogens is 218 g/mol. The number of hydrogen-bond donors (Lipinski definition) is 1. The van der Waals surface area contributed by atoms with Crippen molar-refractivity contribution >= 4 is 0 Å². The van der Waals surface area contributed by atoms with Crippen molar-refractivity contribution in [1.29, 1.82) is 0 Å². The second kappa shape index (κ2) is 9.83. The van der Waals surface area contributed by atoms with Gasteiger partial charge in [0.1, 0.15) is 0 Å². The van der Waals surface area contributed by atoms with Crippen molar-refractivity contribution in [3.05, 3.63) is 0 Å². The minimum atomic E-state index is 0.727. The Hall–Kier alpha value is -0.0400. The summed E-state index contributed by atoms with van der Waals surface area (Å²) in [6.45, 7) is 7.09. The summed E-state index contributed by atoms with van der Waals surface area (Å²) in [7, 11) is 0. The molecule has 0 bridgehead atoms. The standard InChI is InChI=1S/C17H35N/c1-4-5-6-7-8-11-16(3)18-17-12-9-10-15(2)13-14-17/h15-18H,4-14H2,1-3H3. The molecule has 0 saturated heterocycles. The summed E-state index contributed by atoms with van der Waals surface area (Å²) in [5.74, 6) is 0.959. The molecule has 1 N–H and O–H groups in total. The maximum Gasteiger partial charge on any atom is 0.00696 e. The summed E-state index contributed by atoms with van der Waals surface area (Å²) < 4.78 is 0. The first-order valence-electron chi connectivity index (χ1n) is 8.48. The predicted molar refractivity (Wildman–Crippen MR) is 82.0 cm³/mol. The van der Waals surface area contributed by atoms with Crippen molar-refractivity contribution < 1.29 is 0 Å². The van der Waals surface area contributed by atoms with E-state index in [0.29, 0.717) is 0 Å². The molecule has 0 radical (unpaired) electrons. The SMILES string of the molecule is CCCCCCCC(C)NC1CCCC(C)CC1. The van der Waals surface area contributed by atoms with Crippen molar-refractivity contribution in [2.75, 3.05) is 0 Å². The lowest BCUT2D eigenvalue weighted by Crippen LogP contribution is -2.36. The summed E-state index contributed by atoms with van der Waals surface area (Å²) >= 11 is 0. The van der Waals surface area contributed by atoms with Gasteiger partial charge in [0.15, 0.2) is 0 Å². The van der Waals surface area contributed by atoms with Gasteiger partial charge in [0.25, 0.3) is 0 Å². The molecule has 0 aliphatic heterocycles. The highest BCUT2D eigenvalue weighted by atomic mass is 14.9. The molecule has 108 valence electrons. The van der Waals surface area contributed by atoms with Gasteiger partial charge in [-0.15, -0.1) is 0 Å². The molecule has 1 rings (SSSR count). The lowest BCUT2D eigenvalue weighted by molar-refractivity contribution is 0.381. The lowest BCUT2D eigenvalue weighted by atomic mass is 10.0. The first-order chi connectivity index (χ1) is 8.72. The van der Waals surface area contributed by atoms with Crippen LogP contribution in [-0.2, 0) is 0 Å². The third kappa shape index (κ3) is 7.41. The minimum Gasteiger partial charge on any atom is -0.312 e. The molecule has 1 nitrogen and oxygen atoms in total. The minimum absolute atomic E-state index is 0.727. The van der Waals surface area contributed by atoms with E-state index in [0.717, 1.165) is 18.0 Å².